The standard InChI is InChI=1S/C7H14O3/c1-3-4-10-6-7(2,9)5-8/h3,8-9H,1,4-6H2,2H3. The highest BCUT2D eigenvalue weighted by Gasteiger charge is 2.18. The van der Waals surface area contributed by atoms with Crippen molar-refractivity contribution in [3.8, 4) is 0 Å². The van der Waals surface area contributed by atoms with Crippen LogP contribution in [0.3, 0.4) is 0 Å². The van der Waals surface area contributed by atoms with Crippen LogP contribution in [0.25, 0.3) is 0 Å². The van der Waals surface area contributed by atoms with Gasteiger partial charge < -0.3 is 14.9 Å². The molecule has 3 nitrogen and oxygen atoms in total. The van der Waals surface area contributed by atoms with Crippen molar-refractivity contribution < 1.29 is 14.9 Å². The molecule has 0 saturated carbocycles. The maximum Gasteiger partial charge on any atom is 0.108 e. The lowest BCUT2D eigenvalue weighted by atomic mass is 10.1. The van der Waals surface area contributed by atoms with Crippen molar-refractivity contribution in [2.45, 2.75) is 12.5 Å². The van der Waals surface area contributed by atoms with E-state index in [1.165, 1.54) is 6.92 Å². The SMILES string of the molecule is C=CCOCC(C)(O)CO. The molecule has 0 fully saturated rings. The van der Waals surface area contributed by atoms with Gasteiger partial charge in [0.15, 0.2) is 0 Å². The average Bonchev–Trinajstić information content (AvgIpc) is 1.89. The fourth-order valence-electron chi connectivity index (χ4n) is 0.408. The molecule has 0 amide bonds. The van der Waals surface area contributed by atoms with Crippen LogP contribution in [0, 0.1) is 0 Å². The summed E-state index contributed by atoms with van der Waals surface area (Å²) in [7, 11) is 0. The highest BCUT2D eigenvalue weighted by Crippen LogP contribution is 2.00. The molecule has 0 radical (unpaired) electrons. The predicted molar refractivity (Wildman–Crippen MR) is 38.7 cm³/mol. The van der Waals surface area contributed by atoms with Crippen molar-refractivity contribution in [1.29, 1.82) is 0 Å². The summed E-state index contributed by atoms with van der Waals surface area (Å²) < 4.78 is 4.91. The fraction of sp³-hybridized carbons (Fsp3) is 0.714. The molecular formula is C7H14O3. The van der Waals surface area contributed by atoms with E-state index in [1.54, 1.807) is 6.08 Å². The zero-order valence-corrected chi connectivity index (χ0v) is 6.21. The minimum Gasteiger partial charge on any atom is -0.393 e. The number of hydrogen-bond donors (Lipinski definition) is 2. The van der Waals surface area contributed by atoms with Gasteiger partial charge in [0.1, 0.15) is 5.60 Å². The minimum atomic E-state index is -1.12. The van der Waals surface area contributed by atoms with Crippen LogP contribution in [0.5, 0.6) is 0 Å². The molecule has 0 aromatic heterocycles. The number of rotatable bonds is 5. The van der Waals surface area contributed by atoms with Gasteiger partial charge in [0, 0.05) is 0 Å². The molecule has 0 bridgehead atoms. The number of hydrogen-bond acceptors (Lipinski definition) is 3. The maximum absolute atomic E-state index is 9.14. The molecule has 0 heterocycles. The molecule has 0 aliphatic carbocycles. The van der Waals surface area contributed by atoms with Gasteiger partial charge in [0.05, 0.1) is 19.8 Å². The van der Waals surface area contributed by atoms with Crippen molar-refractivity contribution >= 4 is 0 Å². The molecule has 0 aliphatic heterocycles. The third-order valence-electron chi connectivity index (χ3n) is 0.989. The van der Waals surface area contributed by atoms with E-state index >= 15 is 0 Å². The van der Waals surface area contributed by atoms with Crippen molar-refractivity contribution in [2.24, 2.45) is 0 Å². The van der Waals surface area contributed by atoms with Gasteiger partial charge in [-0.15, -0.1) is 6.58 Å². The van der Waals surface area contributed by atoms with Gasteiger partial charge in [-0.25, -0.2) is 0 Å². The molecule has 3 heteroatoms. The van der Waals surface area contributed by atoms with E-state index in [1.807, 2.05) is 0 Å². The molecular weight excluding hydrogens is 132 g/mol. The van der Waals surface area contributed by atoms with E-state index in [9.17, 15) is 0 Å². The first-order valence-electron chi connectivity index (χ1n) is 3.14. The Bertz CT molecular complexity index is 99.0. The van der Waals surface area contributed by atoms with Gasteiger partial charge in [0.25, 0.3) is 0 Å². The first kappa shape index (κ1) is 9.62. The maximum atomic E-state index is 9.14. The van der Waals surface area contributed by atoms with Crippen molar-refractivity contribution in [3.05, 3.63) is 12.7 Å². The largest absolute Gasteiger partial charge is 0.393 e. The Kier molecular flexibility index (Phi) is 4.27. The van der Waals surface area contributed by atoms with Crippen molar-refractivity contribution in [1.82, 2.24) is 0 Å². The van der Waals surface area contributed by atoms with Gasteiger partial charge >= 0.3 is 0 Å². The Balaban J connectivity index is 3.36. The number of aliphatic hydroxyl groups excluding tert-OH is 1. The monoisotopic (exact) mass is 146 g/mol. The van der Waals surface area contributed by atoms with Gasteiger partial charge in [-0.3, -0.25) is 0 Å². The zero-order valence-electron chi connectivity index (χ0n) is 6.21. The Morgan fingerprint density at radius 3 is 2.70 bits per heavy atom. The molecule has 60 valence electrons. The van der Waals surface area contributed by atoms with Crippen LogP contribution in [0.1, 0.15) is 6.92 Å². The second-order valence-corrected chi connectivity index (χ2v) is 2.46. The van der Waals surface area contributed by atoms with Crippen LogP contribution in [0.2, 0.25) is 0 Å². The summed E-state index contributed by atoms with van der Waals surface area (Å²) in [5.41, 5.74) is -1.12. The van der Waals surface area contributed by atoms with Gasteiger partial charge in [-0.1, -0.05) is 6.08 Å². The smallest absolute Gasteiger partial charge is 0.108 e. The van der Waals surface area contributed by atoms with Gasteiger partial charge in [-0.05, 0) is 6.92 Å². The summed E-state index contributed by atoms with van der Waals surface area (Å²) in [5, 5.41) is 17.7. The summed E-state index contributed by atoms with van der Waals surface area (Å²) >= 11 is 0. The topological polar surface area (TPSA) is 49.7 Å². The lowest BCUT2D eigenvalue weighted by molar-refractivity contribution is -0.0597. The first-order valence-corrected chi connectivity index (χ1v) is 3.14. The summed E-state index contributed by atoms with van der Waals surface area (Å²) in [6, 6.07) is 0. The van der Waals surface area contributed by atoms with E-state index in [0.717, 1.165) is 0 Å². The second kappa shape index (κ2) is 4.44. The van der Waals surface area contributed by atoms with Crippen LogP contribution in [-0.4, -0.2) is 35.6 Å². The Morgan fingerprint density at radius 1 is 1.70 bits per heavy atom. The third-order valence-corrected chi connectivity index (χ3v) is 0.989. The molecule has 0 saturated heterocycles. The highest BCUT2D eigenvalue weighted by molar-refractivity contribution is 4.71. The van der Waals surface area contributed by atoms with Crippen molar-refractivity contribution in [3.63, 3.8) is 0 Å². The van der Waals surface area contributed by atoms with Crippen LogP contribution in [0.4, 0.5) is 0 Å². The normalized spacial score (nSPS) is 16.3. The fourth-order valence-corrected chi connectivity index (χ4v) is 0.408. The molecule has 1 atom stereocenters. The third kappa shape index (κ3) is 4.49. The van der Waals surface area contributed by atoms with Crippen LogP contribution in [-0.2, 0) is 4.74 Å². The minimum absolute atomic E-state index is 0.134. The lowest BCUT2D eigenvalue weighted by Crippen LogP contribution is -2.34. The van der Waals surface area contributed by atoms with E-state index in [4.69, 9.17) is 14.9 Å². The van der Waals surface area contributed by atoms with Crippen LogP contribution in [0.15, 0.2) is 12.7 Å². The van der Waals surface area contributed by atoms with Gasteiger partial charge in [-0.2, -0.15) is 0 Å². The molecule has 0 aromatic carbocycles. The van der Waals surface area contributed by atoms with Crippen molar-refractivity contribution in [2.75, 3.05) is 19.8 Å². The Morgan fingerprint density at radius 2 is 2.30 bits per heavy atom. The second-order valence-electron chi connectivity index (χ2n) is 2.46. The molecule has 0 spiro atoms. The Hall–Kier alpha value is -0.380. The summed E-state index contributed by atoms with van der Waals surface area (Å²) in [4.78, 5) is 0. The average molecular weight is 146 g/mol. The molecule has 0 aromatic rings. The summed E-state index contributed by atoms with van der Waals surface area (Å²) in [5.74, 6) is 0. The van der Waals surface area contributed by atoms with E-state index in [2.05, 4.69) is 6.58 Å². The number of aliphatic hydroxyl groups is 2. The quantitative estimate of drug-likeness (QED) is 0.421. The Labute approximate surface area is 60.9 Å². The van der Waals surface area contributed by atoms with Crippen LogP contribution >= 0.6 is 0 Å². The first-order chi connectivity index (χ1) is 4.62. The molecule has 0 rings (SSSR count). The summed E-state index contributed by atoms with van der Waals surface area (Å²) in [6.45, 7) is 5.19. The molecule has 10 heavy (non-hydrogen) atoms. The van der Waals surface area contributed by atoms with E-state index in [0.29, 0.717) is 6.61 Å². The van der Waals surface area contributed by atoms with E-state index < -0.39 is 5.60 Å². The van der Waals surface area contributed by atoms with E-state index in [-0.39, 0.29) is 13.2 Å². The number of ether oxygens (including phenoxy) is 1. The highest BCUT2D eigenvalue weighted by atomic mass is 16.5. The summed E-state index contributed by atoms with van der Waals surface area (Å²) in [6.07, 6.45) is 1.59. The molecule has 0 aliphatic rings. The lowest BCUT2D eigenvalue weighted by Gasteiger charge is -2.19. The zero-order chi connectivity index (χ0) is 8.04. The van der Waals surface area contributed by atoms with Crippen LogP contribution < -0.4 is 0 Å². The predicted octanol–water partition coefficient (Wildman–Crippen LogP) is -0.0677. The molecule has 1 unspecified atom stereocenters. The molecule has 2 N–H and O–H groups in total. The van der Waals surface area contributed by atoms with Gasteiger partial charge in [0.2, 0.25) is 0 Å².